The Kier molecular flexibility index (Phi) is 8.14. The highest BCUT2D eigenvalue weighted by molar-refractivity contribution is 6.30. The monoisotopic (exact) mass is 567 g/mol. The lowest BCUT2D eigenvalue weighted by Crippen LogP contribution is -2.45. The molecule has 2 amide bonds. The van der Waals surface area contributed by atoms with Crippen LogP contribution in [-0.2, 0) is 4.79 Å². The Balaban J connectivity index is 1.28. The van der Waals surface area contributed by atoms with Crippen LogP contribution >= 0.6 is 23.2 Å². The van der Waals surface area contributed by atoms with Crippen molar-refractivity contribution >= 4 is 46.7 Å². The minimum atomic E-state index is -0.486. The number of nitrogen functional groups attached to an aromatic ring is 1. The van der Waals surface area contributed by atoms with E-state index in [1.807, 2.05) is 41.3 Å². The van der Waals surface area contributed by atoms with Crippen molar-refractivity contribution in [3.63, 3.8) is 0 Å². The maximum atomic E-state index is 13.7. The van der Waals surface area contributed by atoms with E-state index in [1.54, 1.807) is 42.4 Å². The summed E-state index contributed by atoms with van der Waals surface area (Å²) >= 11 is 12.1. The molecule has 2 aliphatic heterocycles. The van der Waals surface area contributed by atoms with E-state index in [0.29, 0.717) is 34.6 Å². The van der Waals surface area contributed by atoms with Gasteiger partial charge in [-0.25, -0.2) is 9.78 Å². The van der Waals surface area contributed by atoms with E-state index in [9.17, 15) is 9.59 Å². The number of ether oxygens (including phenoxy) is 1. The van der Waals surface area contributed by atoms with Gasteiger partial charge in [0, 0.05) is 55.1 Å². The number of nitrogens with zero attached hydrogens (tertiary/aromatic N) is 4. The van der Waals surface area contributed by atoms with Crippen LogP contribution in [-0.4, -0.2) is 66.1 Å². The molecule has 10 heteroatoms. The predicted molar refractivity (Wildman–Crippen MR) is 153 cm³/mol. The van der Waals surface area contributed by atoms with Gasteiger partial charge in [0.25, 0.3) is 0 Å². The molecule has 3 heterocycles. The van der Waals surface area contributed by atoms with Crippen LogP contribution in [0.25, 0.3) is 0 Å². The third-order valence-corrected chi connectivity index (χ3v) is 8.15. The van der Waals surface area contributed by atoms with Crippen molar-refractivity contribution in [2.45, 2.75) is 24.8 Å². The molecule has 39 heavy (non-hydrogen) atoms. The molecule has 0 unspecified atom stereocenters. The number of piperidine rings is 1. The number of likely N-dealkylation sites (N-methyl/N-ethyl adjacent to an activating group) is 1. The van der Waals surface area contributed by atoms with Crippen molar-refractivity contribution < 1.29 is 14.3 Å². The molecule has 1 aromatic heterocycles. The van der Waals surface area contributed by atoms with Gasteiger partial charge in [-0.1, -0.05) is 35.3 Å². The number of hydrogen-bond donors (Lipinski definition) is 1. The van der Waals surface area contributed by atoms with Crippen molar-refractivity contribution in [1.29, 1.82) is 0 Å². The van der Waals surface area contributed by atoms with Gasteiger partial charge in [-0.3, -0.25) is 4.79 Å². The molecule has 0 aliphatic carbocycles. The third-order valence-electron chi connectivity index (χ3n) is 7.64. The number of rotatable bonds is 5. The first-order valence-corrected chi connectivity index (χ1v) is 13.7. The Bertz CT molecular complexity index is 1300. The predicted octanol–water partition coefficient (Wildman–Crippen LogP) is 5.31. The second kappa shape index (κ2) is 11.7. The summed E-state index contributed by atoms with van der Waals surface area (Å²) in [6, 6.07) is 17.8. The van der Waals surface area contributed by atoms with E-state index in [2.05, 4.69) is 9.88 Å². The second-order valence-electron chi connectivity index (χ2n) is 10.1. The number of carbonyl (C=O) groups is 2. The molecule has 204 valence electrons. The molecule has 8 nitrogen and oxygen atoms in total. The second-order valence-corrected chi connectivity index (χ2v) is 11.0. The maximum absolute atomic E-state index is 13.7. The molecule has 0 spiro atoms. The van der Waals surface area contributed by atoms with Crippen LogP contribution in [0.1, 0.15) is 24.3 Å². The number of halogens is 2. The van der Waals surface area contributed by atoms with E-state index < -0.39 is 6.09 Å². The molecule has 2 saturated heterocycles. The van der Waals surface area contributed by atoms with Gasteiger partial charge in [-0.2, -0.15) is 0 Å². The van der Waals surface area contributed by atoms with E-state index in [1.165, 1.54) is 0 Å². The normalized spacial score (nSPS) is 19.7. The average molecular weight is 569 g/mol. The smallest absolute Gasteiger partial charge is 0.410 e. The summed E-state index contributed by atoms with van der Waals surface area (Å²) in [5, 5.41) is 1.20. The molecular weight excluding hydrogens is 537 g/mol. The summed E-state index contributed by atoms with van der Waals surface area (Å²) in [6.07, 6.45) is 2.65. The molecule has 2 aromatic carbocycles. The topological polar surface area (TPSA) is 92.0 Å². The molecule has 5 rings (SSSR count). The molecule has 2 atom stereocenters. The van der Waals surface area contributed by atoms with Gasteiger partial charge in [-0.05, 0) is 66.9 Å². The minimum absolute atomic E-state index is 0.0759. The van der Waals surface area contributed by atoms with Crippen LogP contribution in [0.5, 0.6) is 5.75 Å². The molecule has 0 radical (unpaired) electrons. The van der Waals surface area contributed by atoms with Crippen molar-refractivity contribution in [1.82, 2.24) is 14.8 Å². The molecule has 2 N–H and O–H groups in total. The first-order chi connectivity index (χ1) is 18.8. The molecule has 0 saturated carbocycles. The number of anilines is 2. The van der Waals surface area contributed by atoms with Crippen molar-refractivity contribution in [3.05, 3.63) is 82.5 Å². The Morgan fingerprint density at radius 1 is 0.949 bits per heavy atom. The Morgan fingerprint density at radius 3 is 2.21 bits per heavy atom. The lowest BCUT2D eigenvalue weighted by atomic mass is 9.93. The SMILES string of the molecule is CN(C(=O)Oc1ccc(Cl)cc1)[C@@H]1CN(C(=O)C2CCN(c3ccc(N)cn3)CC2)C[C@H]1c1ccc(Cl)cc1. The number of carbonyl (C=O) groups excluding carboxylic acids is 2. The number of likely N-dealkylation sites (tertiary alicyclic amines) is 1. The minimum Gasteiger partial charge on any atom is -0.410 e. The van der Waals surface area contributed by atoms with E-state index in [4.69, 9.17) is 33.7 Å². The Hall–Kier alpha value is -3.49. The fourth-order valence-corrected chi connectivity index (χ4v) is 5.66. The van der Waals surface area contributed by atoms with Gasteiger partial charge in [0.1, 0.15) is 11.6 Å². The summed E-state index contributed by atoms with van der Waals surface area (Å²) < 4.78 is 5.60. The van der Waals surface area contributed by atoms with Gasteiger partial charge >= 0.3 is 6.09 Å². The number of pyridine rings is 1. The maximum Gasteiger partial charge on any atom is 0.415 e. The summed E-state index contributed by atoms with van der Waals surface area (Å²) in [7, 11) is 1.72. The zero-order valence-electron chi connectivity index (χ0n) is 21.7. The summed E-state index contributed by atoms with van der Waals surface area (Å²) in [4.78, 5) is 36.9. The van der Waals surface area contributed by atoms with Crippen LogP contribution in [0.4, 0.5) is 16.3 Å². The molecule has 0 bridgehead atoms. The van der Waals surface area contributed by atoms with E-state index in [-0.39, 0.29) is 23.8 Å². The van der Waals surface area contributed by atoms with Crippen LogP contribution in [0, 0.1) is 5.92 Å². The highest BCUT2D eigenvalue weighted by Crippen LogP contribution is 2.34. The van der Waals surface area contributed by atoms with Crippen molar-refractivity contribution in [2.75, 3.05) is 43.9 Å². The molecule has 2 fully saturated rings. The highest BCUT2D eigenvalue weighted by atomic mass is 35.5. The van der Waals surface area contributed by atoms with Gasteiger partial charge in [0.05, 0.1) is 17.9 Å². The largest absolute Gasteiger partial charge is 0.415 e. The zero-order chi connectivity index (χ0) is 27.5. The fraction of sp³-hybridized carbons (Fsp3) is 0.345. The Morgan fingerprint density at radius 2 is 1.59 bits per heavy atom. The van der Waals surface area contributed by atoms with Crippen LogP contribution < -0.4 is 15.4 Å². The summed E-state index contributed by atoms with van der Waals surface area (Å²) in [6.45, 7) is 2.44. The first-order valence-electron chi connectivity index (χ1n) is 13.0. The van der Waals surface area contributed by atoms with Crippen molar-refractivity contribution in [3.8, 4) is 5.75 Å². The number of amides is 2. The molecular formula is C29H31Cl2N5O3. The fourth-order valence-electron chi connectivity index (χ4n) is 5.41. The zero-order valence-corrected chi connectivity index (χ0v) is 23.2. The van der Waals surface area contributed by atoms with Gasteiger partial charge < -0.3 is 25.2 Å². The summed E-state index contributed by atoms with van der Waals surface area (Å²) in [5.41, 5.74) is 7.42. The standard InChI is InChI=1S/C29H31Cl2N5O3/c1-34(29(38)39-24-9-6-22(31)7-10-24)26-18-36(17-25(26)19-2-4-21(30)5-3-19)28(37)20-12-14-35(15-13-20)27-11-8-23(32)16-33-27/h2-11,16,20,25-26H,12-15,17-18,32H2,1H3/t25-,26+/m0/s1. The van der Waals surface area contributed by atoms with E-state index in [0.717, 1.165) is 37.3 Å². The Labute approximate surface area is 238 Å². The number of hydrogen-bond acceptors (Lipinski definition) is 6. The summed E-state index contributed by atoms with van der Waals surface area (Å²) in [5.74, 6) is 1.26. The quantitative estimate of drug-likeness (QED) is 0.449. The molecule has 3 aromatic rings. The highest BCUT2D eigenvalue weighted by Gasteiger charge is 2.42. The lowest BCUT2D eigenvalue weighted by molar-refractivity contribution is -0.135. The van der Waals surface area contributed by atoms with Gasteiger partial charge in [0.2, 0.25) is 5.91 Å². The average Bonchev–Trinajstić information content (AvgIpc) is 3.40. The van der Waals surface area contributed by atoms with Gasteiger partial charge in [-0.15, -0.1) is 0 Å². The number of benzene rings is 2. The van der Waals surface area contributed by atoms with Crippen LogP contribution in [0.3, 0.4) is 0 Å². The van der Waals surface area contributed by atoms with Crippen LogP contribution in [0.15, 0.2) is 66.9 Å². The third kappa shape index (κ3) is 6.23. The van der Waals surface area contributed by atoms with Crippen molar-refractivity contribution in [2.24, 2.45) is 5.92 Å². The van der Waals surface area contributed by atoms with Crippen LogP contribution in [0.2, 0.25) is 10.0 Å². The first kappa shape index (κ1) is 27.1. The number of aromatic nitrogens is 1. The van der Waals surface area contributed by atoms with E-state index >= 15 is 0 Å². The lowest BCUT2D eigenvalue weighted by Gasteiger charge is -2.34. The number of nitrogens with two attached hydrogens (primary N) is 1. The van der Waals surface area contributed by atoms with Gasteiger partial charge in [0.15, 0.2) is 0 Å². The molecule has 2 aliphatic rings.